The Labute approximate surface area is 171 Å². The molecule has 2 atom stereocenters. The van der Waals surface area contributed by atoms with Crippen molar-refractivity contribution in [1.29, 1.82) is 5.26 Å². The molecule has 0 radical (unpaired) electrons. The molecule has 4 bridgehead atoms. The van der Waals surface area contributed by atoms with Crippen molar-refractivity contribution in [3.63, 3.8) is 0 Å². The summed E-state index contributed by atoms with van der Waals surface area (Å²) < 4.78 is 6.09. The number of thioether (sulfide) groups is 1. The molecule has 1 aromatic rings. The van der Waals surface area contributed by atoms with Gasteiger partial charge in [-0.25, -0.2) is 0 Å². The highest BCUT2D eigenvalue weighted by atomic mass is 32.2. The molecule has 152 valence electrons. The maximum Gasteiger partial charge on any atom is 0.277 e. The summed E-state index contributed by atoms with van der Waals surface area (Å²) in [5, 5.41) is 21.0. The largest absolute Gasteiger partial charge is 0.415 e. The number of nitriles is 1. The molecule has 5 rings (SSSR count). The summed E-state index contributed by atoms with van der Waals surface area (Å²) in [6.45, 7) is 7.42. The van der Waals surface area contributed by atoms with E-state index in [4.69, 9.17) is 4.42 Å². The SMILES string of the molecule is CC(C)[C@@](C)(C#N)NC(=O)[C@H](C)Sc1nnc(C23CC4CC(CC(C4)C2)C3)o1. The molecule has 4 saturated carbocycles. The fourth-order valence-corrected chi connectivity index (χ4v) is 6.39. The lowest BCUT2D eigenvalue weighted by molar-refractivity contribution is -0.121. The van der Waals surface area contributed by atoms with E-state index in [0.29, 0.717) is 5.22 Å². The van der Waals surface area contributed by atoms with Gasteiger partial charge in [0, 0.05) is 5.41 Å². The molecule has 28 heavy (non-hydrogen) atoms. The van der Waals surface area contributed by atoms with Crippen LogP contribution < -0.4 is 5.32 Å². The zero-order valence-corrected chi connectivity index (χ0v) is 18.0. The van der Waals surface area contributed by atoms with E-state index in [-0.39, 0.29) is 17.2 Å². The standard InChI is InChI=1S/C21H30N4O2S/c1-12(2)20(4,11-22)23-17(26)13(3)28-19-25-24-18(27-19)21-8-14-5-15(9-21)7-16(6-14)10-21/h12-16H,5-10H2,1-4H3,(H,23,26)/t13-,14?,15?,16?,20+,21?/m0/s1. The van der Waals surface area contributed by atoms with E-state index in [1.54, 1.807) is 6.92 Å². The predicted molar refractivity (Wildman–Crippen MR) is 106 cm³/mol. The number of aromatic nitrogens is 2. The van der Waals surface area contributed by atoms with Crippen molar-refractivity contribution in [3.05, 3.63) is 5.89 Å². The van der Waals surface area contributed by atoms with Gasteiger partial charge < -0.3 is 9.73 Å². The van der Waals surface area contributed by atoms with Crippen molar-refractivity contribution < 1.29 is 9.21 Å². The summed E-state index contributed by atoms with van der Waals surface area (Å²) in [6.07, 6.45) is 7.65. The Morgan fingerprint density at radius 2 is 1.79 bits per heavy atom. The summed E-state index contributed by atoms with van der Waals surface area (Å²) in [5.41, 5.74) is -0.811. The normalized spacial score (nSPS) is 34.1. The zero-order chi connectivity index (χ0) is 20.1. The van der Waals surface area contributed by atoms with E-state index in [2.05, 4.69) is 21.6 Å². The number of hydrogen-bond acceptors (Lipinski definition) is 6. The van der Waals surface area contributed by atoms with E-state index >= 15 is 0 Å². The summed E-state index contributed by atoms with van der Waals surface area (Å²) in [4.78, 5) is 12.6. The van der Waals surface area contributed by atoms with Gasteiger partial charge in [0.2, 0.25) is 11.8 Å². The van der Waals surface area contributed by atoms with Gasteiger partial charge in [-0.15, -0.1) is 10.2 Å². The van der Waals surface area contributed by atoms with Crippen LogP contribution >= 0.6 is 11.8 Å². The van der Waals surface area contributed by atoms with Crippen LogP contribution in [-0.2, 0) is 10.2 Å². The van der Waals surface area contributed by atoms with Crippen LogP contribution in [0.15, 0.2) is 9.64 Å². The van der Waals surface area contributed by atoms with Gasteiger partial charge >= 0.3 is 0 Å². The van der Waals surface area contributed by atoms with Crippen molar-refractivity contribution in [2.24, 2.45) is 23.7 Å². The van der Waals surface area contributed by atoms with E-state index in [0.717, 1.165) is 23.6 Å². The quantitative estimate of drug-likeness (QED) is 0.721. The molecule has 1 N–H and O–H groups in total. The monoisotopic (exact) mass is 402 g/mol. The molecule has 4 aliphatic carbocycles. The van der Waals surface area contributed by atoms with Crippen LogP contribution in [0.1, 0.15) is 72.1 Å². The average Bonchev–Trinajstić information content (AvgIpc) is 3.09. The van der Waals surface area contributed by atoms with Gasteiger partial charge in [-0.2, -0.15) is 5.26 Å². The minimum atomic E-state index is -0.884. The van der Waals surface area contributed by atoms with Crippen molar-refractivity contribution in [3.8, 4) is 6.07 Å². The molecule has 0 spiro atoms. The number of nitrogens with one attached hydrogen (secondary N) is 1. The van der Waals surface area contributed by atoms with E-state index < -0.39 is 10.8 Å². The third-order valence-corrected chi connectivity index (χ3v) is 8.25. The number of nitrogens with zero attached hydrogens (tertiary/aromatic N) is 3. The molecule has 7 heteroatoms. The summed E-state index contributed by atoms with van der Waals surface area (Å²) >= 11 is 1.28. The van der Waals surface area contributed by atoms with Crippen molar-refractivity contribution in [2.45, 2.75) is 87.6 Å². The van der Waals surface area contributed by atoms with Crippen molar-refractivity contribution in [1.82, 2.24) is 15.5 Å². The van der Waals surface area contributed by atoms with Crippen LogP contribution in [-0.4, -0.2) is 26.9 Å². The Morgan fingerprint density at radius 1 is 1.21 bits per heavy atom. The first-order chi connectivity index (χ1) is 13.2. The second-order valence-electron chi connectivity index (χ2n) is 9.79. The number of carbonyl (C=O) groups is 1. The maximum atomic E-state index is 12.6. The van der Waals surface area contributed by atoms with Gasteiger partial charge in [-0.05, 0) is 76.0 Å². The van der Waals surface area contributed by atoms with E-state index in [1.165, 1.54) is 50.3 Å². The molecular weight excluding hydrogens is 372 g/mol. The van der Waals surface area contributed by atoms with Gasteiger partial charge in [-0.3, -0.25) is 4.79 Å². The highest BCUT2D eigenvalue weighted by molar-refractivity contribution is 8.00. The minimum Gasteiger partial charge on any atom is -0.415 e. The van der Waals surface area contributed by atoms with Gasteiger partial charge in [0.25, 0.3) is 5.22 Å². The fraction of sp³-hybridized carbons (Fsp3) is 0.810. The molecular formula is C21H30N4O2S. The molecule has 0 aromatic carbocycles. The third kappa shape index (κ3) is 3.45. The van der Waals surface area contributed by atoms with E-state index in [1.807, 2.05) is 20.8 Å². The predicted octanol–water partition coefficient (Wildman–Crippen LogP) is 4.07. The Hall–Kier alpha value is -1.55. The number of rotatable bonds is 6. The maximum absolute atomic E-state index is 12.6. The smallest absolute Gasteiger partial charge is 0.277 e. The fourth-order valence-electron chi connectivity index (χ4n) is 5.71. The molecule has 1 aromatic heterocycles. The second kappa shape index (κ2) is 7.05. The molecule has 1 heterocycles. The molecule has 0 unspecified atom stereocenters. The Kier molecular flexibility index (Phi) is 4.97. The first kappa shape index (κ1) is 19.8. The lowest BCUT2D eigenvalue weighted by Gasteiger charge is -2.55. The molecule has 1 amide bonds. The van der Waals surface area contributed by atoms with Gasteiger partial charge in [0.05, 0.1) is 11.3 Å². The number of amides is 1. The first-order valence-corrected chi connectivity index (χ1v) is 11.3. The van der Waals surface area contributed by atoms with Crippen LogP contribution in [0.5, 0.6) is 0 Å². The third-order valence-electron chi connectivity index (χ3n) is 7.32. The van der Waals surface area contributed by atoms with Crippen LogP contribution in [0, 0.1) is 35.0 Å². The van der Waals surface area contributed by atoms with Gasteiger partial charge in [0.1, 0.15) is 5.54 Å². The lowest BCUT2D eigenvalue weighted by atomic mass is 9.49. The van der Waals surface area contributed by atoms with Crippen molar-refractivity contribution in [2.75, 3.05) is 0 Å². The van der Waals surface area contributed by atoms with Crippen LogP contribution in [0.4, 0.5) is 0 Å². The molecule has 4 fully saturated rings. The lowest BCUT2D eigenvalue weighted by Crippen LogP contribution is -2.51. The zero-order valence-electron chi connectivity index (χ0n) is 17.2. The number of hydrogen-bond donors (Lipinski definition) is 1. The van der Waals surface area contributed by atoms with E-state index in [9.17, 15) is 10.1 Å². The summed E-state index contributed by atoms with van der Waals surface area (Å²) in [5.74, 6) is 3.07. The molecule has 6 nitrogen and oxygen atoms in total. The second-order valence-corrected chi connectivity index (χ2v) is 11.1. The van der Waals surface area contributed by atoms with Gasteiger partial charge in [0.15, 0.2) is 0 Å². The summed E-state index contributed by atoms with van der Waals surface area (Å²) in [7, 11) is 0. The first-order valence-electron chi connectivity index (χ1n) is 10.5. The highest BCUT2D eigenvalue weighted by Crippen LogP contribution is 2.60. The summed E-state index contributed by atoms with van der Waals surface area (Å²) in [6, 6.07) is 2.21. The Bertz CT molecular complexity index is 763. The average molecular weight is 403 g/mol. The Balaban J connectivity index is 1.43. The molecule has 0 saturated heterocycles. The van der Waals surface area contributed by atoms with Crippen LogP contribution in [0.3, 0.4) is 0 Å². The molecule has 4 aliphatic rings. The topological polar surface area (TPSA) is 91.8 Å². The van der Waals surface area contributed by atoms with Crippen molar-refractivity contribution >= 4 is 17.7 Å². The Morgan fingerprint density at radius 3 is 2.29 bits per heavy atom. The number of carbonyl (C=O) groups excluding carboxylic acids is 1. The van der Waals surface area contributed by atoms with Crippen LogP contribution in [0.25, 0.3) is 0 Å². The minimum absolute atomic E-state index is 0.0183. The highest BCUT2D eigenvalue weighted by Gasteiger charge is 2.54. The van der Waals surface area contributed by atoms with Crippen LogP contribution in [0.2, 0.25) is 0 Å². The van der Waals surface area contributed by atoms with Gasteiger partial charge in [-0.1, -0.05) is 25.6 Å². The molecule has 0 aliphatic heterocycles.